The van der Waals surface area contributed by atoms with E-state index in [0.717, 1.165) is 38.5 Å². The van der Waals surface area contributed by atoms with Crippen molar-refractivity contribution < 1.29 is 14.6 Å². The lowest BCUT2D eigenvalue weighted by atomic mass is 9.94. The first kappa shape index (κ1) is 17.4. The number of amides is 1. The Hall–Kier alpha value is -2.40. The second-order valence-corrected chi connectivity index (χ2v) is 6.61. The van der Waals surface area contributed by atoms with Crippen LogP contribution in [0.15, 0.2) is 48.8 Å². The molecule has 0 unspecified atom stereocenters. The molecule has 5 nitrogen and oxygen atoms in total. The predicted molar refractivity (Wildman–Crippen MR) is 95.7 cm³/mol. The predicted octanol–water partition coefficient (Wildman–Crippen LogP) is 3.69. The van der Waals surface area contributed by atoms with Crippen LogP contribution in [0.5, 0.6) is 11.5 Å². The highest BCUT2D eigenvalue weighted by Crippen LogP contribution is 2.27. The topological polar surface area (TPSA) is 71.5 Å². The molecular weight excluding hydrogens is 316 g/mol. The van der Waals surface area contributed by atoms with Crippen molar-refractivity contribution in [2.75, 3.05) is 6.54 Å². The Bertz CT molecular complexity index is 695. The zero-order valence-electron chi connectivity index (χ0n) is 14.3. The molecular formula is C20H24N2O3. The summed E-state index contributed by atoms with van der Waals surface area (Å²) >= 11 is 0. The quantitative estimate of drug-likeness (QED) is 0.814. The highest BCUT2D eigenvalue weighted by molar-refractivity contribution is 5.97. The number of para-hydroxylation sites is 1. The summed E-state index contributed by atoms with van der Waals surface area (Å²) in [6, 6.07) is 10.7. The van der Waals surface area contributed by atoms with Gasteiger partial charge >= 0.3 is 0 Å². The first-order valence-electron chi connectivity index (χ1n) is 8.84. The molecule has 0 saturated heterocycles. The van der Waals surface area contributed by atoms with E-state index in [1.165, 1.54) is 0 Å². The third-order valence-electron chi connectivity index (χ3n) is 4.61. The van der Waals surface area contributed by atoms with E-state index in [1.54, 1.807) is 42.7 Å². The van der Waals surface area contributed by atoms with Crippen molar-refractivity contribution in [1.82, 2.24) is 10.3 Å². The molecule has 0 spiro atoms. The Morgan fingerprint density at radius 1 is 1.12 bits per heavy atom. The first-order valence-corrected chi connectivity index (χ1v) is 8.84. The number of aromatic nitrogens is 1. The van der Waals surface area contributed by atoms with Gasteiger partial charge in [-0.15, -0.1) is 0 Å². The van der Waals surface area contributed by atoms with Crippen molar-refractivity contribution >= 4 is 5.91 Å². The lowest BCUT2D eigenvalue weighted by Gasteiger charge is -2.27. The Morgan fingerprint density at radius 3 is 2.60 bits per heavy atom. The molecule has 0 atom stereocenters. The number of pyridine rings is 1. The minimum absolute atomic E-state index is 0.239. The lowest BCUT2D eigenvalue weighted by molar-refractivity contribution is 0.0246. The zero-order chi connectivity index (χ0) is 17.5. The zero-order valence-corrected chi connectivity index (χ0v) is 14.3. The minimum atomic E-state index is -0.800. The summed E-state index contributed by atoms with van der Waals surface area (Å²) in [5.74, 6) is 0.808. The molecule has 25 heavy (non-hydrogen) atoms. The monoisotopic (exact) mass is 340 g/mol. The van der Waals surface area contributed by atoms with E-state index in [4.69, 9.17) is 4.74 Å². The molecule has 1 heterocycles. The lowest BCUT2D eigenvalue weighted by Crippen LogP contribution is -2.42. The van der Waals surface area contributed by atoms with Gasteiger partial charge in [0.25, 0.3) is 5.91 Å². The smallest absolute Gasteiger partial charge is 0.255 e. The number of nitrogens with zero attached hydrogens (tertiary/aromatic N) is 1. The van der Waals surface area contributed by atoms with Crippen molar-refractivity contribution in [3.8, 4) is 11.5 Å². The number of carbonyl (C=O) groups is 1. The average molecular weight is 340 g/mol. The molecule has 1 aliphatic carbocycles. The Labute approximate surface area is 148 Å². The fourth-order valence-electron chi connectivity index (χ4n) is 3.18. The van der Waals surface area contributed by atoms with Crippen LogP contribution in [0.1, 0.15) is 48.9 Å². The van der Waals surface area contributed by atoms with Crippen LogP contribution in [0.3, 0.4) is 0 Å². The van der Waals surface area contributed by atoms with Crippen molar-refractivity contribution in [2.24, 2.45) is 0 Å². The molecule has 0 radical (unpaired) electrons. The molecule has 1 aliphatic rings. The molecule has 132 valence electrons. The average Bonchev–Trinajstić information content (AvgIpc) is 2.86. The van der Waals surface area contributed by atoms with Gasteiger partial charge in [0.15, 0.2) is 0 Å². The molecule has 1 fully saturated rings. The van der Waals surface area contributed by atoms with E-state index < -0.39 is 5.60 Å². The Kier molecular flexibility index (Phi) is 5.66. The van der Waals surface area contributed by atoms with Gasteiger partial charge in [-0.2, -0.15) is 0 Å². The van der Waals surface area contributed by atoms with E-state index >= 15 is 0 Å². The maximum atomic E-state index is 12.6. The molecule has 2 N–H and O–H groups in total. The number of nitrogens with one attached hydrogen (secondary N) is 1. The summed E-state index contributed by atoms with van der Waals surface area (Å²) in [5.41, 5.74) is -0.353. The molecule has 0 bridgehead atoms. The molecule has 1 amide bonds. The van der Waals surface area contributed by atoms with Gasteiger partial charge in [-0.25, -0.2) is 0 Å². The van der Waals surface area contributed by atoms with Gasteiger partial charge in [-0.05, 0) is 37.1 Å². The minimum Gasteiger partial charge on any atom is -0.455 e. The summed E-state index contributed by atoms with van der Waals surface area (Å²) < 4.78 is 5.78. The highest BCUT2D eigenvalue weighted by atomic mass is 16.5. The van der Waals surface area contributed by atoms with Crippen LogP contribution in [0.25, 0.3) is 0 Å². The molecule has 3 rings (SSSR count). The first-order chi connectivity index (χ1) is 12.2. The van der Waals surface area contributed by atoms with Crippen LogP contribution in [-0.2, 0) is 0 Å². The van der Waals surface area contributed by atoms with Gasteiger partial charge in [0.1, 0.15) is 11.5 Å². The van der Waals surface area contributed by atoms with Gasteiger partial charge in [-0.1, -0.05) is 37.8 Å². The number of hydrogen-bond acceptors (Lipinski definition) is 4. The van der Waals surface area contributed by atoms with Gasteiger partial charge < -0.3 is 15.2 Å². The second-order valence-electron chi connectivity index (χ2n) is 6.61. The van der Waals surface area contributed by atoms with Gasteiger partial charge in [-0.3, -0.25) is 9.78 Å². The molecule has 1 aromatic carbocycles. The molecule has 1 aromatic heterocycles. The van der Waals surface area contributed by atoms with Gasteiger partial charge in [0.2, 0.25) is 0 Å². The highest BCUT2D eigenvalue weighted by Gasteiger charge is 2.28. The number of benzene rings is 1. The van der Waals surface area contributed by atoms with Gasteiger partial charge in [0.05, 0.1) is 17.4 Å². The molecule has 2 aromatic rings. The Morgan fingerprint density at radius 2 is 1.88 bits per heavy atom. The summed E-state index contributed by atoms with van der Waals surface area (Å²) in [4.78, 5) is 16.6. The number of ether oxygens (including phenoxy) is 1. The molecule has 5 heteroatoms. The maximum absolute atomic E-state index is 12.6. The largest absolute Gasteiger partial charge is 0.455 e. The molecule has 1 saturated carbocycles. The number of aliphatic hydroxyl groups is 1. The van der Waals surface area contributed by atoms with Crippen LogP contribution in [0.2, 0.25) is 0 Å². The van der Waals surface area contributed by atoms with Crippen molar-refractivity contribution in [3.05, 3.63) is 54.4 Å². The third-order valence-corrected chi connectivity index (χ3v) is 4.61. The summed E-state index contributed by atoms with van der Waals surface area (Å²) in [6.07, 6.45) is 9.06. The summed E-state index contributed by atoms with van der Waals surface area (Å²) in [6.45, 7) is 0.271. The van der Waals surface area contributed by atoms with E-state index in [1.807, 2.05) is 6.07 Å². The number of carbonyl (C=O) groups excluding carboxylic acids is 1. The van der Waals surface area contributed by atoms with Crippen molar-refractivity contribution in [1.29, 1.82) is 0 Å². The van der Waals surface area contributed by atoms with Crippen molar-refractivity contribution in [3.63, 3.8) is 0 Å². The number of rotatable bonds is 5. The van der Waals surface area contributed by atoms with Crippen LogP contribution >= 0.6 is 0 Å². The van der Waals surface area contributed by atoms with Gasteiger partial charge in [0, 0.05) is 12.7 Å². The maximum Gasteiger partial charge on any atom is 0.255 e. The fourth-order valence-corrected chi connectivity index (χ4v) is 3.18. The third kappa shape index (κ3) is 4.79. The summed E-state index contributed by atoms with van der Waals surface area (Å²) in [7, 11) is 0. The van der Waals surface area contributed by atoms with Crippen LogP contribution < -0.4 is 10.1 Å². The van der Waals surface area contributed by atoms with E-state index in [0.29, 0.717) is 17.1 Å². The number of hydrogen-bond donors (Lipinski definition) is 2. The normalized spacial score (nSPS) is 16.7. The fraction of sp³-hybridized carbons (Fsp3) is 0.400. The second kappa shape index (κ2) is 8.12. The summed E-state index contributed by atoms with van der Waals surface area (Å²) in [5, 5.41) is 13.6. The molecule has 0 aliphatic heterocycles. The van der Waals surface area contributed by atoms with E-state index in [9.17, 15) is 9.90 Å². The van der Waals surface area contributed by atoms with E-state index in [2.05, 4.69) is 10.3 Å². The SMILES string of the molecule is O=C(NCC1(O)CCCCCC1)c1ccccc1Oc1cccnc1. The van der Waals surface area contributed by atoms with E-state index in [-0.39, 0.29) is 12.5 Å². The van der Waals surface area contributed by atoms with Crippen LogP contribution in [-0.4, -0.2) is 28.1 Å². The van der Waals surface area contributed by atoms with Crippen molar-refractivity contribution in [2.45, 2.75) is 44.1 Å². The Balaban J connectivity index is 1.67. The van der Waals surface area contributed by atoms with Crippen LogP contribution in [0.4, 0.5) is 0 Å². The standard InChI is InChI=1S/C20H24N2O3/c23-19(22-15-20(24)11-5-1-2-6-12-20)17-9-3-4-10-18(17)25-16-8-7-13-21-14-16/h3-4,7-10,13-14,24H,1-2,5-6,11-12,15H2,(H,22,23). The van der Waals surface area contributed by atoms with Crippen LogP contribution in [0, 0.1) is 0 Å².